The molecule has 2 N–H and O–H groups in total. The number of carboxylic acid groups (broad SMARTS) is 1. The number of carbonyl (C=O) groups is 1. The number of rotatable bonds is 4. The first kappa shape index (κ1) is 20.4. The second-order valence-corrected chi connectivity index (χ2v) is 7.98. The molecule has 29 heavy (non-hydrogen) atoms. The van der Waals surface area contributed by atoms with Crippen molar-refractivity contribution in [3.8, 4) is 0 Å². The summed E-state index contributed by atoms with van der Waals surface area (Å²) in [7, 11) is 0. The van der Waals surface area contributed by atoms with Crippen molar-refractivity contribution in [3.05, 3.63) is 64.0 Å². The molecular formula is C22H25N3O4. The van der Waals surface area contributed by atoms with Crippen molar-refractivity contribution in [3.63, 3.8) is 0 Å². The Bertz CT molecular complexity index is 1100. The second-order valence-electron chi connectivity index (χ2n) is 7.98. The smallest absolute Gasteiger partial charge is 0.412 e. The molecule has 1 unspecified atom stereocenters. The maximum absolute atomic E-state index is 12.7. The van der Waals surface area contributed by atoms with Crippen LogP contribution in [0, 0.1) is 6.92 Å². The van der Waals surface area contributed by atoms with Gasteiger partial charge in [-0.2, -0.15) is 4.98 Å². The summed E-state index contributed by atoms with van der Waals surface area (Å²) in [5.41, 5.74) is 1.20. The van der Waals surface area contributed by atoms with Crippen LogP contribution < -0.4 is 15.8 Å². The van der Waals surface area contributed by atoms with E-state index in [1.807, 2.05) is 37.3 Å². The summed E-state index contributed by atoms with van der Waals surface area (Å²) in [6.07, 6.45) is -1.09. The van der Waals surface area contributed by atoms with Crippen LogP contribution in [0.25, 0.3) is 10.9 Å². The van der Waals surface area contributed by atoms with Crippen LogP contribution >= 0.6 is 0 Å². The molecule has 0 bridgehead atoms. The molecule has 0 spiro atoms. The molecule has 152 valence electrons. The molecule has 1 aromatic heterocycles. The van der Waals surface area contributed by atoms with Gasteiger partial charge in [0.1, 0.15) is 0 Å². The molecule has 7 heteroatoms. The highest BCUT2D eigenvalue weighted by molar-refractivity contribution is 5.94. The SMILES string of the molecule is Cc1c(N(C(=O)O)C(C)(C)C)ccc2nc(NC(C)c3ccccc3)oc(=O)c12. The molecule has 1 heterocycles. The van der Waals surface area contributed by atoms with E-state index in [9.17, 15) is 14.7 Å². The summed E-state index contributed by atoms with van der Waals surface area (Å²) >= 11 is 0. The Kier molecular flexibility index (Phi) is 5.33. The van der Waals surface area contributed by atoms with Gasteiger partial charge in [0.15, 0.2) is 0 Å². The van der Waals surface area contributed by atoms with Gasteiger partial charge in [-0.15, -0.1) is 0 Å². The fourth-order valence-electron chi connectivity index (χ4n) is 3.37. The van der Waals surface area contributed by atoms with Crippen LogP contribution in [-0.4, -0.2) is 21.7 Å². The van der Waals surface area contributed by atoms with E-state index in [0.717, 1.165) is 5.56 Å². The van der Waals surface area contributed by atoms with Gasteiger partial charge in [0.05, 0.1) is 22.6 Å². The van der Waals surface area contributed by atoms with E-state index >= 15 is 0 Å². The van der Waals surface area contributed by atoms with Crippen LogP contribution in [0.15, 0.2) is 51.7 Å². The average molecular weight is 395 g/mol. The third-order valence-electron chi connectivity index (χ3n) is 4.77. The molecule has 0 fully saturated rings. The summed E-state index contributed by atoms with van der Waals surface area (Å²) in [5.74, 6) is 0. The lowest BCUT2D eigenvalue weighted by atomic mass is 10.0. The van der Waals surface area contributed by atoms with E-state index in [2.05, 4.69) is 10.3 Å². The van der Waals surface area contributed by atoms with Crippen LogP contribution in [0.1, 0.15) is 44.9 Å². The molecule has 0 saturated carbocycles. The number of hydrogen-bond donors (Lipinski definition) is 2. The number of fused-ring (bicyclic) bond motifs is 1. The van der Waals surface area contributed by atoms with Gasteiger partial charge >= 0.3 is 11.7 Å². The number of amides is 1. The van der Waals surface area contributed by atoms with Gasteiger partial charge < -0.3 is 14.8 Å². The lowest BCUT2D eigenvalue weighted by Crippen LogP contribution is -2.45. The zero-order valence-electron chi connectivity index (χ0n) is 17.2. The van der Waals surface area contributed by atoms with E-state index in [1.165, 1.54) is 4.90 Å². The van der Waals surface area contributed by atoms with Gasteiger partial charge in [0.25, 0.3) is 6.01 Å². The molecule has 2 aromatic carbocycles. The van der Waals surface area contributed by atoms with E-state index < -0.39 is 17.3 Å². The zero-order chi connectivity index (χ0) is 21.3. The molecule has 1 atom stereocenters. The molecule has 3 aromatic rings. The minimum atomic E-state index is -1.09. The number of nitrogens with zero attached hydrogens (tertiary/aromatic N) is 2. The monoisotopic (exact) mass is 395 g/mol. The molecule has 0 saturated heterocycles. The van der Waals surface area contributed by atoms with Crippen molar-refractivity contribution in [1.82, 2.24) is 4.98 Å². The molecule has 1 amide bonds. The molecule has 3 rings (SSSR count). The van der Waals surface area contributed by atoms with Gasteiger partial charge in [-0.05, 0) is 57.9 Å². The number of benzene rings is 2. The maximum atomic E-state index is 12.7. The van der Waals surface area contributed by atoms with Crippen molar-refractivity contribution >= 4 is 28.7 Å². The van der Waals surface area contributed by atoms with Crippen LogP contribution in [0.2, 0.25) is 0 Å². The van der Waals surface area contributed by atoms with Gasteiger partial charge in [0, 0.05) is 5.54 Å². The third kappa shape index (κ3) is 4.08. The first-order chi connectivity index (χ1) is 13.6. The zero-order valence-corrected chi connectivity index (χ0v) is 17.2. The minimum absolute atomic E-state index is 0.104. The van der Waals surface area contributed by atoms with Crippen LogP contribution in [-0.2, 0) is 0 Å². The number of aromatic nitrogens is 1. The van der Waals surface area contributed by atoms with E-state index in [-0.39, 0.29) is 17.4 Å². The predicted molar refractivity (Wildman–Crippen MR) is 114 cm³/mol. The quantitative estimate of drug-likeness (QED) is 0.649. The normalized spacial score (nSPS) is 12.6. The summed E-state index contributed by atoms with van der Waals surface area (Å²) in [6.45, 7) is 9.04. The Hall–Kier alpha value is -3.35. The van der Waals surface area contributed by atoms with E-state index in [0.29, 0.717) is 16.8 Å². The highest BCUT2D eigenvalue weighted by atomic mass is 16.4. The van der Waals surface area contributed by atoms with Crippen molar-refractivity contribution in [1.29, 1.82) is 0 Å². The number of anilines is 2. The minimum Gasteiger partial charge on any atom is -0.465 e. The molecule has 0 radical (unpaired) electrons. The molecule has 0 aliphatic rings. The summed E-state index contributed by atoms with van der Waals surface area (Å²) in [4.78, 5) is 30.2. The largest absolute Gasteiger partial charge is 0.465 e. The molecular weight excluding hydrogens is 370 g/mol. The highest BCUT2D eigenvalue weighted by Gasteiger charge is 2.30. The van der Waals surface area contributed by atoms with Crippen molar-refractivity contribution in [2.24, 2.45) is 0 Å². The topological polar surface area (TPSA) is 95.7 Å². The molecule has 0 aliphatic heterocycles. The Labute approximate surface area is 169 Å². The maximum Gasteiger partial charge on any atom is 0.412 e. The van der Waals surface area contributed by atoms with Crippen molar-refractivity contribution < 1.29 is 14.3 Å². The first-order valence-electron chi connectivity index (χ1n) is 9.38. The second kappa shape index (κ2) is 7.58. The van der Waals surface area contributed by atoms with Crippen molar-refractivity contribution in [2.45, 2.75) is 46.2 Å². The standard InChI is InChI=1S/C22H25N3O4/c1-13-17(25(21(27)28)22(3,4)5)12-11-16-18(13)19(26)29-20(24-16)23-14(2)15-9-7-6-8-10-15/h6-12,14H,1-5H3,(H,23,24)(H,27,28). The Morgan fingerprint density at radius 2 is 1.83 bits per heavy atom. The van der Waals surface area contributed by atoms with Crippen molar-refractivity contribution in [2.75, 3.05) is 10.2 Å². The van der Waals surface area contributed by atoms with E-state index in [4.69, 9.17) is 4.42 Å². The predicted octanol–water partition coefficient (Wildman–Crippen LogP) is 4.95. The van der Waals surface area contributed by atoms with E-state index in [1.54, 1.807) is 39.8 Å². The van der Waals surface area contributed by atoms with Gasteiger partial charge in [0.2, 0.25) is 0 Å². The van der Waals surface area contributed by atoms with Crippen LogP contribution in [0.5, 0.6) is 0 Å². The average Bonchev–Trinajstić information content (AvgIpc) is 2.63. The summed E-state index contributed by atoms with van der Waals surface area (Å²) in [5, 5.41) is 13.1. The van der Waals surface area contributed by atoms with Crippen LogP contribution in [0.4, 0.5) is 16.5 Å². The Morgan fingerprint density at radius 3 is 2.41 bits per heavy atom. The van der Waals surface area contributed by atoms with Gasteiger partial charge in [-0.25, -0.2) is 9.59 Å². The summed E-state index contributed by atoms with van der Waals surface area (Å²) in [6, 6.07) is 13.1. The summed E-state index contributed by atoms with van der Waals surface area (Å²) < 4.78 is 5.40. The fourth-order valence-corrected chi connectivity index (χ4v) is 3.37. The third-order valence-corrected chi connectivity index (χ3v) is 4.77. The molecule has 7 nitrogen and oxygen atoms in total. The number of nitrogens with one attached hydrogen (secondary N) is 1. The first-order valence-corrected chi connectivity index (χ1v) is 9.38. The molecule has 0 aliphatic carbocycles. The number of hydrogen-bond acceptors (Lipinski definition) is 5. The van der Waals surface area contributed by atoms with Gasteiger partial charge in [-0.3, -0.25) is 4.90 Å². The Balaban J connectivity index is 2.04. The van der Waals surface area contributed by atoms with Crippen LogP contribution in [0.3, 0.4) is 0 Å². The number of aryl methyl sites for hydroxylation is 1. The Morgan fingerprint density at radius 1 is 1.17 bits per heavy atom. The highest BCUT2D eigenvalue weighted by Crippen LogP contribution is 2.31. The fraction of sp³-hybridized carbons (Fsp3) is 0.318. The lowest BCUT2D eigenvalue weighted by molar-refractivity contribution is 0.195. The lowest BCUT2D eigenvalue weighted by Gasteiger charge is -2.34. The van der Waals surface area contributed by atoms with Gasteiger partial charge in [-0.1, -0.05) is 30.3 Å².